The van der Waals surface area contributed by atoms with E-state index in [1.165, 1.54) is 12.3 Å². The Labute approximate surface area is 229 Å². The van der Waals surface area contributed by atoms with E-state index in [0.29, 0.717) is 57.1 Å². The Kier molecular flexibility index (Phi) is 8.04. The molecule has 10 heteroatoms. The molecule has 3 heterocycles. The maximum absolute atomic E-state index is 15.2. The number of carbonyl (C=O) groups is 1. The largest absolute Gasteiger partial charge is 0.477 e. The summed E-state index contributed by atoms with van der Waals surface area (Å²) in [6.45, 7) is 5.88. The highest BCUT2D eigenvalue weighted by atomic mass is 32.1. The molecule has 1 saturated heterocycles. The maximum Gasteiger partial charge on any atom is 0.341 e. The number of nitrogens with zero attached hydrogens (tertiary/aromatic N) is 4. The number of piperazine rings is 1. The second kappa shape index (κ2) is 11.8. The number of aryl methyl sites for hydroxylation is 1. The van der Waals surface area contributed by atoms with E-state index < -0.39 is 17.2 Å². The quantitative estimate of drug-likeness (QED) is 0.242. The van der Waals surface area contributed by atoms with E-state index in [9.17, 15) is 14.7 Å². The summed E-state index contributed by atoms with van der Waals surface area (Å²) >= 11 is 1.61. The first-order valence-electron chi connectivity index (χ1n) is 12.8. The highest BCUT2D eigenvalue weighted by molar-refractivity contribution is 7.12. The highest BCUT2D eigenvalue weighted by Gasteiger charge is 2.24. The lowest BCUT2D eigenvalue weighted by atomic mass is 10.1. The molecule has 1 aliphatic heterocycles. The number of hydrogen-bond donors (Lipinski definition) is 1. The van der Waals surface area contributed by atoms with Crippen LogP contribution in [0.2, 0.25) is 0 Å². The minimum atomic E-state index is -1.32. The molecular formula is C29H29FN4O4S. The molecule has 0 saturated carbocycles. The Bertz CT molecular complexity index is 1550. The molecule has 0 atom stereocenters. The van der Waals surface area contributed by atoms with Gasteiger partial charge >= 0.3 is 5.97 Å². The van der Waals surface area contributed by atoms with Gasteiger partial charge in [-0.25, -0.2) is 9.18 Å². The molecule has 0 radical (unpaired) electrons. The molecule has 1 aliphatic rings. The van der Waals surface area contributed by atoms with Crippen LogP contribution in [0.25, 0.3) is 10.9 Å². The van der Waals surface area contributed by atoms with Crippen molar-refractivity contribution in [3.05, 3.63) is 98.2 Å². The number of anilines is 1. The van der Waals surface area contributed by atoms with E-state index in [0.717, 1.165) is 16.2 Å². The summed E-state index contributed by atoms with van der Waals surface area (Å²) in [5.41, 5.74) is 1.80. The molecule has 2 aromatic carbocycles. The van der Waals surface area contributed by atoms with E-state index in [2.05, 4.69) is 10.1 Å². The van der Waals surface area contributed by atoms with E-state index in [4.69, 9.17) is 4.84 Å². The van der Waals surface area contributed by atoms with Crippen molar-refractivity contribution >= 4 is 39.6 Å². The summed E-state index contributed by atoms with van der Waals surface area (Å²) in [4.78, 5) is 35.1. The summed E-state index contributed by atoms with van der Waals surface area (Å²) in [6.07, 6.45) is 1.33. The van der Waals surface area contributed by atoms with Gasteiger partial charge in [-0.05, 0) is 36.1 Å². The normalized spacial score (nSPS) is 14.6. The van der Waals surface area contributed by atoms with Gasteiger partial charge in [0.1, 0.15) is 23.7 Å². The predicted molar refractivity (Wildman–Crippen MR) is 152 cm³/mol. The van der Waals surface area contributed by atoms with Crippen LogP contribution >= 0.6 is 11.3 Å². The molecule has 2 aromatic heterocycles. The Hall–Kier alpha value is -4.02. The van der Waals surface area contributed by atoms with Crippen LogP contribution in [-0.2, 0) is 18.0 Å². The maximum atomic E-state index is 15.2. The van der Waals surface area contributed by atoms with Crippen molar-refractivity contribution in [2.75, 3.05) is 37.6 Å². The van der Waals surface area contributed by atoms with Crippen LogP contribution in [0.1, 0.15) is 27.7 Å². The molecule has 4 aromatic rings. The molecule has 202 valence electrons. The molecule has 1 N–H and O–H groups in total. The third kappa shape index (κ3) is 5.86. The number of oxime groups is 1. The standard InChI is InChI=1S/C29H29FN4O4S/c1-2-33-17-22(29(36)37)28(35)21-15-23(30)26(16-25(21)33)34-12-10-32(11-13-34)18-24(27-9-6-14-39-27)31-38-19-20-7-4-3-5-8-20/h3-9,14-17H,2,10-13,18-19H2,1H3,(H,36,37)/b31-24-. The molecule has 0 amide bonds. The van der Waals surface area contributed by atoms with Gasteiger partial charge in [-0.2, -0.15) is 0 Å². The van der Waals surface area contributed by atoms with Crippen LogP contribution < -0.4 is 10.3 Å². The number of fused-ring (bicyclic) bond motifs is 1. The third-order valence-corrected chi connectivity index (χ3v) is 7.78. The zero-order valence-electron chi connectivity index (χ0n) is 21.5. The van der Waals surface area contributed by atoms with Crippen LogP contribution in [-0.4, -0.2) is 59.0 Å². The summed E-state index contributed by atoms with van der Waals surface area (Å²) in [6, 6.07) is 16.7. The Morgan fingerprint density at radius 1 is 1.10 bits per heavy atom. The first-order chi connectivity index (χ1) is 18.9. The summed E-state index contributed by atoms with van der Waals surface area (Å²) < 4.78 is 16.9. The van der Waals surface area contributed by atoms with Gasteiger partial charge < -0.3 is 19.4 Å². The first-order valence-corrected chi connectivity index (χ1v) is 13.7. The number of benzene rings is 2. The number of pyridine rings is 1. The van der Waals surface area contributed by atoms with E-state index >= 15 is 4.39 Å². The van der Waals surface area contributed by atoms with Crippen molar-refractivity contribution in [2.45, 2.75) is 20.1 Å². The molecule has 5 rings (SSSR count). The lowest BCUT2D eigenvalue weighted by Gasteiger charge is -2.36. The second-order valence-electron chi connectivity index (χ2n) is 9.32. The highest BCUT2D eigenvalue weighted by Crippen LogP contribution is 2.26. The number of aromatic nitrogens is 1. The average molecular weight is 549 g/mol. The number of thiophene rings is 1. The lowest BCUT2D eigenvalue weighted by molar-refractivity contribution is 0.0695. The first kappa shape index (κ1) is 26.6. The summed E-state index contributed by atoms with van der Waals surface area (Å²) in [7, 11) is 0. The zero-order valence-corrected chi connectivity index (χ0v) is 22.4. The van der Waals surface area contributed by atoms with Crippen LogP contribution in [0.15, 0.2) is 76.1 Å². The Morgan fingerprint density at radius 3 is 2.54 bits per heavy atom. The van der Waals surface area contributed by atoms with Gasteiger partial charge in [0, 0.05) is 50.9 Å². The zero-order chi connectivity index (χ0) is 27.4. The minimum Gasteiger partial charge on any atom is -0.477 e. The molecule has 39 heavy (non-hydrogen) atoms. The Balaban J connectivity index is 1.30. The van der Waals surface area contributed by atoms with Crippen molar-refractivity contribution in [3.8, 4) is 0 Å². The molecule has 0 spiro atoms. The van der Waals surface area contributed by atoms with Crippen LogP contribution in [0.5, 0.6) is 0 Å². The molecule has 8 nitrogen and oxygen atoms in total. The molecule has 0 unspecified atom stereocenters. The number of carboxylic acids is 1. The number of carboxylic acid groups (broad SMARTS) is 1. The fourth-order valence-corrected chi connectivity index (χ4v) is 5.47. The van der Waals surface area contributed by atoms with Gasteiger partial charge in [0.05, 0.1) is 16.1 Å². The van der Waals surface area contributed by atoms with Gasteiger partial charge in [0.15, 0.2) is 0 Å². The molecule has 0 aliphatic carbocycles. The number of hydrogen-bond acceptors (Lipinski definition) is 7. The van der Waals surface area contributed by atoms with E-state index in [1.54, 1.807) is 22.0 Å². The summed E-state index contributed by atoms with van der Waals surface area (Å²) in [5.74, 6) is -1.85. The number of halogens is 1. The lowest BCUT2D eigenvalue weighted by Crippen LogP contribution is -2.48. The number of rotatable bonds is 9. The summed E-state index contributed by atoms with van der Waals surface area (Å²) in [5, 5.41) is 15.9. The second-order valence-corrected chi connectivity index (χ2v) is 10.3. The topological polar surface area (TPSA) is 87.4 Å². The van der Waals surface area contributed by atoms with Crippen LogP contribution in [0.4, 0.5) is 10.1 Å². The molecule has 1 fully saturated rings. The predicted octanol–water partition coefficient (Wildman–Crippen LogP) is 4.66. The van der Waals surface area contributed by atoms with Crippen molar-refractivity contribution in [2.24, 2.45) is 5.16 Å². The third-order valence-electron chi connectivity index (χ3n) is 6.86. The van der Waals surface area contributed by atoms with Crippen molar-refractivity contribution in [1.82, 2.24) is 9.47 Å². The smallest absolute Gasteiger partial charge is 0.341 e. The van der Waals surface area contributed by atoms with Crippen LogP contribution in [0.3, 0.4) is 0 Å². The SMILES string of the molecule is CCn1cc(C(=O)O)c(=O)c2cc(F)c(N3CCN(C/C(=N/OCc4ccccc4)c4cccs4)CC3)cc21. The van der Waals surface area contributed by atoms with Crippen molar-refractivity contribution in [1.29, 1.82) is 0 Å². The average Bonchev–Trinajstić information content (AvgIpc) is 3.49. The van der Waals surface area contributed by atoms with Gasteiger partial charge in [-0.3, -0.25) is 9.69 Å². The fraction of sp³-hybridized carbons (Fsp3) is 0.276. The minimum absolute atomic E-state index is 0.0731. The Morgan fingerprint density at radius 2 is 1.87 bits per heavy atom. The van der Waals surface area contributed by atoms with Crippen LogP contribution in [0, 0.1) is 5.82 Å². The number of aromatic carboxylic acids is 1. The van der Waals surface area contributed by atoms with E-state index in [-0.39, 0.29) is 10.9 Å². The fourth-order valence-electron chi connectivity index (χ4n) is 4.77. The van der Waals surface area contributed by atoms with Gasteiger partial charge in [0.2, 0.25) is 5.43 Å². The van der Waals surface area contributed by atoms with Gasteiger partial charge in [0.25, 0.3) is 0 Å². The van der Waals surface area contributed by atoms with E-state index in [1.807, 2.05) is 59.7 Å². The monoisotopic (exact) mass is 548 g/mol. The van der Waals surface area contributed by atoms with Crippen molar-refractivity contribution < 1.29 is 19.1 Å². The van der Waals surface area contributed by atoms with Gasteiger partial charge in [-0.15, -0.1) is 11.3 Å². The molecular weight excluding hydrogens is 519 g/mol. The van der Waals surface area contributed by atoms with Gasteiger partial charge in [-0.1, -0.05) is 41.6 Å². The van der Waals surface area contributed by atoms with Crippen molar-refractivity contribution in [3.63, 3.8) is 0 Å². The molecule has 0 bridgehead atoms.